The quantitative estimate of drug-likeness (QED) is 0.732. The molecule has 0 saturated carbocycles. The van der Waals surface area contributed by atoms with Crippen molar-refractivity contribution in [2.75, 3.05) is 13.2 Å². The summed E-state index contributed by atoms with van der Waals surface area (Å²) in [6.45, 7) is 11.5. The molecule has 1 heterocycles. The summed E-state index contributed by atoms with van der Waals surface area (Å²) in [5, 5.41) is 7.16. The summed E-state index contributed by atoms with van der Waals surface area (Å²) < 4.78 is 0. The van der Waals surface area contributed by atoms with Crippen LogP contribution in [-0.4, -0.2) is 18.8 Å². The number of hydrogen-bond donors (Lipinski definition) is 2. The summed E-state index contributed by atoms with van der Waals surface area (Å²) in [6, 6.07) is 0. The molecule has 0 bridgehead atoms. The molecule has 15 heavy (non-hydrogen) atoms. The van der Waals surface area contributed by atoms with Gasteiger partial charge in [-0.05, 0) is 31.2 Å². The van der Waals surface area contributed by atoms with Crippen molar-refractivity contribution in [3.63, 3.8) is 0 Å². The van der Waals surface area contributed by atoms with Crippen LogP contribution in [0.5, 0.6) is 0 Å². The first-order valence-electron chi connectivity index (χ1n) is 6.63. The fourth-order valence-corrected chi connectivity index (χ4v) is 3.19. The highest BCUT2D eigenvalue weighted by molar-refractivity contribution is 4.98. The van der Waals surface area contributed by atoms with E-state index >= 15 is 0 Å². The summed E-state index contributed by atoms with van der Waals surface area (Å²) in [5.41, 5.74) is 0.385. The molecule has 2 N–H and O–H groups in total. The van der Waals surface area contributed by atoms with Gasteiger partial charge in [0.05, 0.1) is 0 Å². The highest BCUT2D eigenvalue weighted by Crippen LogP contribution is 2.35. The maximum absolute atomic E-state index is 3.76. The first-order chi connectivity index (χ1) is 7.17. The predicted molar refractivity (Wildman–Crippen MR) is 66.9 cm³/mol. The maximum atomic E-state index is 3.76. The Kier molecular flexibility index (Phi) is 5.07. The zero-order valence-corrected chi connectivity index (χ0v) is 10.9. The monoisotopic (exact) mass is 212 g/mol. The fraction of sp³-hybridized carbons (Fsp3) is 1.00. The van der Waals surface area contributed by atoms with E-state index in [9.17, 15) is 0 Å². The van der Waals surface area contributed by atoms with Gasteiger partial charge < -0.3 is 5.32 Å². The van der Waals surface area contributed by atoms with Crippen LogP contribution in [-0.2, 0) is 0 Å². The van der Waals surface area contributed by atoms with Crippen LogP contribution < -0.4 is 10.6 Å². The lowest BCUT2D eigenvalue weighted by Gasteiger charge is -2.48. The number of hydrogen-bond acceptors (Lipinski definition) is 2. The van der Waals surface area contributed by atoms with Crippen molar-refractivity contribution in [2.24, 2.45) is 11.8 Å². The Bertz CT molecular complexity index is 171. The largest absolute Gasteiger partial charge is 0.304 e. The van der Waals surface area contributed by atoms with Gasteiger partial charge in [0.2, 0.25) is 0 Å². The number of rotatable bonds is 5. The molecule has 1 aliphatic rings. The van der Waals surface area contributed by atoms with Gasteiger partial charge in [0.1, 0.15) is 0 Å². The minimum atomic E-state index is 0.385. The molecule has 1 rings (SSSR count). The minimum absolute atomic E-state index is 0.385. The molecular weight excluding hydrogens is 184 g/mol. The van der Waals surface area contributed by atoms with Crippen molar-refractivity contribution in [1.29, 1.82) is 0 Å². The minimum Gasteiger partial charge on any atom is -0.304 e. The topological polar surface area (TPSA) is 24.1 Å². The van der Waals surface area contributed by atoms with Gasteiger partial charge in [-0.25, -0.2) is 0 Å². The van der Waals surface area contributed by atoms with Gasteiger partial charge >= 0.3 is 0 Å². The zero-order valence-electron chi connectivity index (χ0n) is 10.9. The van der Waals surface area contributed by atoms with Gasteiger partial charge in [0.25, 0.3) is 0 Å². The molecule has 0 aliphatic carbocycles. The van der Waals surface area contributed by atoms with Crippen molar-refractivity contribution in [3.8, 4) is 0 Å². The van der Waals surface area contributed by atoms with Crippen LogP contribution in [0, 0.1) is 11.8 Å². The number of nitrogens with one attached hydrogen (secondary N) is 2. The summed E-state index contributed by atoms with van der Waals surface area (Å²) >= 11 is 0. The molecule has 2 heteroatoms. The summed E-state index contributed by atoms with van der Waals surface area (Å²) in [4.78, 5) is 0. The molecule has 1 saturated heterocycles. The molecule has 90 valence electrons. The molecule has 0 aromatic heterocycles. The van der Waals surface area contributed by atoms with E-state index in [4.69, 9.17) is 0 Å². The Morgan fingerprint density at radius 3 is 2.40 bits per heavy atom. The average molecular weight is 212 g/mol. The van der Waals surface area contributed by atoms with E-state index in [0.29, 0.717) is 5.54 Å². The van der Waals surface area contributed by atoms with Gasteiger partial charge in [-0.3, -0.25) is 5.32 Å². The lowest BCUT2D eigenvalue weighted by Crippen LogP contribution is -2.62. The molecule has 1 aliphatic heterocycles. The molecule has 0 amide bonds. The Labute approximate surface area is 95.2 Å². The smallest absolute Gasteiger partial charge is 0.0458 e. The summed E-state index contributed by atoms with van der Waals surface area (Å²) in [6.07, 6.45) is 5.26. The Hall–Kier alpha value is -0.0800. The highest BCUT2D eigenvalue weighted by atomic mass is 15.1. The standard InChI is InChI=1S/C13H28N2/c1-5-7-12(6-2)13(11(3)4)8-9-14-10-15-13/h11-12,14-15H,5-10H2,1-4H3. The third-order valence-corrected chi connectivity index (χ3v) is 4.15. The van der Waals surface area contributed by atoms with Crippen molar-refractivity contribution in [1.82, 2.24) is 10.6 Å². The van der Waals surface area contributed by atoms with Crippen LogP contribution in [0.15, 0.2) is 0 Å². The molecule has 0 aromatic carbocycles. The SMILES string of the molecule is CCCC(CC)C1(C(C)C)CCNCN1. The van der Waals surface area contributed by atoms with Crippen LogP contribution in [0.25, 0.3) is 0 Å². The Balaban J connectivity index is 2.77. The fourth-order valence-electron chi connectivity index (χ4n) is 3.19. The van der Waals surface area contributed by atoms with Gasteiger partial charge in [0, 0.05) is 12.2 Å². The zero-order chi connectivity index (χ0) is 11.3. The van der Waals surface area contributed by atoms with E-state index < -0.39 is 0 Å². The van der Waals surface area contributed by atoms with Crippen molar-refractivity contribution < 1.29 is 0 Å². The normalized spacial score (nSPS) is 29.4. The molecule has 0 radical (unpaired) electrons. The highest BCUT2D eigenvalue weighted by Gasteiger charge is 2.40. The molecule has 2 atom stereocenters. The lowest BCUT2D eigenvalue weighted by atomic mass is 9.69. The van der Waals surface area contributed by atoms with Crippen LogP contribution >= 0.6 is 0 Å². The van der Waals surface area contributed by atoms with E-state index in [0.717, 1.165) is 18.5 Å². The second kappa shape index (κ2) is 5.86. The predicted octanol–water partition coefficient (Wildman–Crippen LogP) is 2.75. The van der Waals surface area contributed by atoms with E-state index in [-0.39, 0.29) is 0 Å². The van der Waals surface area contributed by atoms with Crippen LogP contribution in [0.4, 0.5) is 0 Å². The van der Waals surface area contributed by atoms with Gasteiger partial charge in [-0.1, -0.05) is 40.5 Å². The van der Waals surface area contributed by atoms with Crippen LogP contribution in [0.1, 0.15) is 53.4 Å². The van der Waals surface area contributed by atoms with Crippen molar-refractivity contribution >= 4 is 0 Å². The Morgan fingerprint density at radius 1 is 1.27 bits per heavy atom. The second-order valence-electron chi connectivity index (χ2n) is 5.19. The van der Waals surface area contributed by atoms with Gasteiger partial charge in [0.15, 0.2) is 0 Å². The van der Waals surface area contributed by atoms with Crippen molar-refractivity contribution in [2.45, 2.75) is 58.9 Å². The van der Waals surface area contributed by atoms with E-state index in [2.05, 4.69) is 38.3 Å². The molecule has 2 unspecified atom stereocenters. The van der Waals surface area contributed by atoms with E-state index in [1.165, 1.54) is 32.2 Å². The van der Waals surface area contributed by atoms with Crippen LogP contribution in [0.3, 0.4) is 0 Å². The average Bonchev–Trinajstić information content (AvgIpc) is 2.26. The van der Waals surface area contributed by atoms with Gasteiger partial charge in [-0.15, -0.1) is 0 Å². The molecular formula is C13H28N2. The maximum Gasteiger partial charge on any atom is 0.0458 e. The van der Waals surface area contributed by atoms with Gasteiger partial charge in [-0.2, -0.15) is 0 Å². The first kappa shape index (κ1) is 13.0. The molecule has 0 aromatic rings. The second-order valence-corrected chi connectivity index (χ2v) is 5.19. The summed E-state index contributed by atoms with van der Waals surface area (Å²) in [5.74, 6) is 1.57. The summed E-state index contributed by atoms with van der Waals surface area (Å²) in [7, 11) is 0. The Morgan fingerprint density at radius 2 is 2.00 bits per heavy atom. The third-order valence-electron chi connectivity index (χ3n) is 4.15. The van der Waals surface area contributed by atoms with Crippen LogP contribution in [0.2, 0.25) is 0 Å². The van der Waals surface area contributed by atoms with Crippen molar-refractivity contribution in [3.05, 3.63) is 0 Å². The van der Waals surface area contributed by atoms with E-state index in [1.807, 2.05) is 0 Å². The molecule has 1 fully saturated rings. The first-order valence-corrected chi connectivity index (χ1v) is 6.63. The van der Waals surface area contributed by atoms with E-state index in [1.54, 1.807) is 0 Å². The lowest BCUT2D eigenvalue weighted by molar-refractivity contribution is 0.0936. The molecule has 2 nitrogen and oxygen atoms in total. The molecule has 0 spiro atoms. The third kappa shape index (κ3) is 2.73.